The summed E-state index contributed by atoms with van der Waals surface area (Å²) in [7, 11) is 2.18. The second-order valence-electron chi connectivity index (χ2n) is 9.12. The highest BCUT2D eigenvalue weighted by atomic mass is 16.6. The molecule has 1 aromatic carbocycles. The lowest BCUT2D eigenvalue weighted by atomic mass is 9.86. The third kappa shape index (κ3) is 8.00. The van der Waals surface area contributed by atoms with Crippen LogP contribution in [-0.4, -0.2) is 68.4 Å². The van der Waals surface area contributed by atoms with Gasteiger partial charge >= 0.3 is 6.09 Å². The van der Waals surface area contributed by atoms with Gasteiger partial charge in [-0.05, 0) is 44.9 Å². The van der Waals surface area contributed by atoms with Crippen molar-refractivity contribution < 1.29 is 14.3 Å². The van der Waals surface area contributed by atoms with Crippen LogP contribution in [0.25, 0.3) is 0 Å². The largest absolute Gasteiger partial charge is 0.491 e. The van der Waals surface area contributed by atoms with Crippen molar-refractivity contribution in [3.63, 3.8) is 0 Å². The number of likely N-dealkylation sites (N-methyl/N-ethyl adjacent to an activating group) is 1. The van der Waals surface area contributed by atoms with Crippen LogP contribution in [0.4, 0.5) is 10.5 Å². The Bertz CT molecular complexity index is 661. The van der Waals surface area contributed by atoms with Crippen LogP contribution in [0.1, 0.15) is 58.3 Å². The maximum atomic E-state index is 12.7. The highest BCUT2D eigenvalue weighted by molar-refractivity contribution is 5.86. The molecular weight excluding hydrogens is 390 g/mol. The minimum Gasteiger partial charge on any atom is -0.491 e. The molecule has 1 N–H and O–H groups in total. The van der Waals surface area contributed by atoms with Crippen molar-refractivity contribution in [2.24, 2.45) is 5.92 Å². The molecule has 0 bridgehead atoms. The van der Waals surface area contributed by atoms with Crippen molar-refractivity contribution in [1.82, 2.24) is 9.80 Å². The van der Waals surface area contributed by atoms with Crippen LogP contribution in [0.5, 0.6) is 5.75 Å². The molecular formula is C25H41N3O3. The zero-order chi connectivity index (χ0) is 21.9. The number of benzene rings is 1. The Kier molecular flexibility index (Phi) is 9.94. The van der Waals surface area contributed by atoms with Gasteiger partial charge < -0.3 is 19.3 Å². The van der Waals surface area contributed by atoms with E-state index >= 15 is 0 Å². The number of rotatable bonds is 10. The van der Waals surface area contributed by atoms with Gasteiger partial charge in [0.15, 0.2) is 0 Å². The van der Waals surface area contributed by atoms with Gasteiger partial charge in [-0.25, -0.2) is 4.79 Å². The molecule has 3 rings (SSSR count). The average Bonchev–Trinajstić information content (AvgIpc) is 2.77. The molecule has 0 aromatic heterocycles. The van der Waals surface area contributed by atoms with Crippen LogP contribution < -0.4 is 10.1 Å². The van der Waals surface area contributed by atoms with Crippen LogP contribution in [-0.2, 0) is 4.74 Å². The van der Waals surface area contributed by atoms with Crippen LogP contribution in [0.3, 0.4) is 0 Å². The summed E-state index contributed by atoms with van der Waals surface area (Å²) in [5, 5.41) is 2.93. The van der Waals surface area contributed by atoms with Crippen LogP contribution >= 0.6 is 0 Å². The Hall–Kier alpha value is -1.79. The van der Waals surface area contributed by atoms with Gasteiger partial charge in [-0.2, -0.15) is 0 Å². The average molecular weight is 432 g/mol. The molecule has 0 unspecified atom stereocenters. The summed E-state index contributed by atoms with van der Waals surface area (Å²) in [5.41, 5.74) is 0.689. The van der Waals surface area contributed by atoms with E-state index in [2.05, 4.69) is 29.1 Å². The van der Waals surface area contributed by atoms with Crippen LogP contribution in [0.2, 0.25) is 0 Å². The molecule has 1 amide bonds. The van der Waals surface area contributed by atoms with Gasteiger partial charge in [0, 0.05) is 38.6 Å². The number of nitrogens with one attached hydrogen (secondary N) is 1. The van der Waals surface area contributed by atoms with Gasteiger partial charge in [0.1, 0.15) is 11.9 Å². The molecule has 1 saturated heterocycles. The van der Waals surface area contributed by atoms with E-state index in [1.54, 1.807) is 0 Å². The highest BCUT2D eigenvalue weighted by Gasteiger charge is 2.30. The minimum atomic E-state index is -0.364. The van der Waals surface area contributed by atoms with E-state index in [-0.39, 0.29) is 12.2 Å². The summed E-state index contributed by atoms with van der Waals surface area (Å²) in [6.07, 6.45) is 8.74. The molecule has 1 aliphatic heterocycles. The first-order valence-electron chi connectivity index (χ1n) is 12.3. The number of carbonyl (C=O) groups is 1. The van der Waals surface area contributed by atoms with Crippen molar-refractivity contribution >= 4 is 11.8 Å². The van der Waals surface area contributed by atoms with Crippen molar-refractivity contribution in [2.75, 3.05) is 51.7 Å². The topological polar surface area (TPSA) is 54.0 Å². The lowest BCUT2D eigenvalue weighted by molar-refractivity contribution is 0.0222. The smallest absolute Gasteiger partial charge is 0.412 e. The van der Waals surface area contributed by atoms with Gasteiger partial charge in [-0.3, -0.25) is 5.32 Å². The molecule has 1 saturated carbocycles. The van der Waals surface area contributed by atoms with E-state index in [4.69, 9.17) is 9.47 Å². The Labute approximate surface area is 188 Å². The molecule has 2 atom stereocenters. The fourth-order valence-electron chi connectivity index (χ4n) is 4.58. The quantitative estimate of drug-likeness (QED) is 0.528. The molecule has 2 fully saturated rings. The van der Waals surface area contributed by atoms with Gasteiger partial charge in [0.25, 0.3) is 0 Å². The van der Waals surface area contributed by atoms with Gasteiger partial charge in [0.2, 0.25) is 0 Å². The third-order valence-electron chi connectivity index (χ3n) is 6.57. The van der Waals surface area contributed by atoms with Gasteiger partial charge in [-0.15, -0.1) is 0 Å². The standard InChI is InChI=1S/C25H41N3O3/c1-3-4-5-10-19-30-24-14-9-7-12-22(24)26-25(29)31-23-13-8-6-11-21(23)20-28-17-15-27(2)16-18-28/h7,9,12,14,21,23H,3-6,8,10-11,13,15-20H2,1-2H3,(H,26,29)/t21-,23+/m0/s1. The number of anilines is 1. The fraction of sp³-hybridized carbons (Fsp3) is 0.720. The first kappa shape index (κ1) is 23.9. The van der Waals surface area contributed by atoms with Crippen LogP contribution in [0, 0.1) is 5.92 Å². The molecule has 2 aliphatic rings. The predicted molar refractivity (Wildman–Crippen MR) is 126 cm³/mol. The number of carbonyl (C=O) groups excluding carboxylic acids is 1. The van der Waals surface area contributed by atoms with E-state index in [1.165, 1.54) is 25.7 Å². The number of hydrogen-bond donors (Lipinski definition) is 1. The Morgan fingerprint density at radius 1 is 1.06 bits per heavy atom. The molecule has 1 aliphatic carbocycles. The molecule has 31 heavy (non-hydrogen) atoms. The molecule has 0 radical (unpaired) electrons. The monoisotopic (exact) mass is 431 g/mol. The molecule has 174 valence electrons. The Morgan fingerprint density at radius 3 is 2.65 bits per heavy atom. The minimum absolute atomic E-state index is 0.00414. The lowest BCUT2D eigenvalue weighted by Crippen LogP contribution is -2.48. The SMILES string of the molecule is CCCCCCOc1ccccc1NC(=O)O[C@@H]1CCCC[C@H]1CN1CCN(C)CC1. The summed E-state index contributed by atoms with van der Waals surface area (Å²) in [5.74, 6) is 1.14. The summed E-state index contributed by atoms with van der Waals surface area (Å²) < 4.78 is 11.9. The predicted octanol–water partition coefficient (Wildman–Crippen LogP) is 5.00. The highest BCUT2D eigenvalue weighted by Crippen LogP contribution is 2.29. The van der Waals surface area contributed by atoms with E-state index < -0.39 is 0 Å². The lowest BCUT2D eigenvalue weighted by Gasteiger charge is -2.38. The van der Waals surface area contributed by atoms with E-state index in [9.17, 15) is 4.79 Å². The third-order valence-corrected chi connectivity index (χ3v) is 6.57. The second kappa shape index (κ2) is 12.9. The van der Waals surface area contributed by atoms with Crippen LogP contribution in [0.15, 0.2) is 24.3 Å². The number of piperazine rings is 1. The normalized spacial score (nSPS) is 22.8. The second-order valence-corrected chi connectivity index (χ2v) is 9.12. The number of ether oxygens (including phenoxy) is 2. The fourth-order valence-corrected chi connectivity index (χ4v) is 4.58. The number of para-hydroxylation sites is 2. The van der Waals surface area contributed by atoms with E-state index in [0.29, 0.717) is 24.0 Å². The van der Waals surface area contributed by atoms with Crippen molar-refractivity contribution in [1.29, 1.82) is 0 Å². The van der Waals surface area contributed by atoms with Crippen molar-refractivity contribution in [2.45, 2.75) is 64.4 Å². The van der Waals surface area contributed by atoms with E-state index in [0.717, 1.165) is 58.4 Å². The zero-order valence-electron chi connectivity index (χ0n) is 19.5. The van der Waals surface area contributed by atoms with Crippen molar-refractivity contribution in [3.05, 3.63) is 24.3 Å². The van der Waals surface area contributed by atoms with Crippen molar-refractivity contribution in [3.8, 4) is 5.75 Å². The molecule has 0 spiro atoms. The zero-order valence-corrected chi connectivity index (χ0v) is 19.5. The van der Waals surface area contributed by atoms with E-state index in [1.807, 2.05) is 24.3 Å². The molecule has 6 nitrogen and oxygen atoms in total. The molecule has 6 heteroatoms. The first-order valence-corrected chi connectivity index (χ1v) is 12.3. The number of nitrogens with zero attached hydrogens (tertiary/aromatic N) is 2. The molecule has 1 aromatic rings. The Morgan fingerprint density at radius 2 is 1.84 bits per heavy atom. The Balaban J connectivity index is 1.49. The summed E-state index contributed by atoms with van der Waals surface area (Å²) in [6.45, 7) is 8.35. The summed E-state index contributed by atoms with van der Waals surface area (Å²) >= 11 is 0. The number of hydrogen-bond acceptors (Lipinski definition) is 5. The van der Waals surface area contributed by atoms with Gasteiger partial charge in [0.05, 0.1) is 12.3 Å². The maximum absolute atomic E-state index is 12.7. The number of amides is 1. The maximum Gasteiger partial charge on any atom is 0.412 e. The first-order chi connectivity index (χ1) is 15.2. The molecule has 1 heterocycles. The van der Waals surface area contributed by atoms with Gasteiger partial charge in [-0.1, -0.05) is 44.7 Å². The number of unbranched alkanes of at least 4 members (excludes halogenated alkanes) is 3. The summed E-state index contributed by atoms with van der Waals surface area (Å²) in [6, 6.07) is 7.64. The summed E-state index contributed by atoms with van der Waals surface area (Å²) in [4.78, 5) is 17.6.